The van der Waals surface area contributed by atoms with Gasteiger partial charge in [0.2, 0.25) is 0 Å². The van der Waals surface area contributed by atoms with Gasteiger partial charge in [-0.2, -0.15) is 0 Å². The fraction of sp³-hybridized carbons (Fsp3) is 0.478. The lowest BCUT2D eigenvalue weighted by Gasteiger charge is -2.29. The maximum Gasteiger partial charge on any atom is 0.119 e. The monoisotopic (exact) mass is 391 g/mol. The van der Waals surface area contributed by atoms with Gasteiger partial charge in [0, 0.05) is 5.56 Å². The molecule has 0 heterocycles. The lowest BCUT2D eigenvalue weighted by Crippen LogP contribution is -3.00. The van der Waals surface area contributed by atoms with Crippen LogP contribution < -0.4 is 17.1 Å². The molecule has 27 heavy (non-hydrogen) atoms. The molecule has 2 aromatic carbocycles. The second kappa shape index (κ2) is 10.7. The largest absolute Gasteiger partial charge is 1.00 e. The Kier molecular flexibility index (Phi) is 9.31. The fourth-order valence-electron chi connectivity index (χ4n) is 2.84. The third-order valence-electron chi connectivity index (χ3n) is 4.51. The van der Waals surface area contributed by atoms with E-state index in [4.69, 9.17) is 9.47 Å². The van der Waals surface area contributed by atoms with Crippen molar-refractivity contribution in [3.63, 3.8) is 0 Å². The van der Waals surface area contributed by atoms with Crippen LogP contribution in [0.4, 0.5) is 0 Å². The molecule has 150 valence electrons. The van der Waals surface area contributed by atoms with E-state index >= 15 is 0 Å². The summed E-state index contributed by atoms with van der Waals surface area (Å²) in [6.45, 7) is 10.6. The molecule has 3 nitrogen and oxygen atoms in total. The van der Waals surface area contributed by atoms with Gasteiger partial charge in [-0.05, 0) is 23.1 Å². The highest BCUT2D eigenvalue weighted by Crippen LogP contribution is 2.24. The van der Waals surface area contributed by atoms with Crippen molar-refractivity contribution in [3.8, 4) is 5.75 Å². The average molecular weight is 392 g/mol. The lowest BCUT2D eigenvalue weighted by atomic mass is 9.87. The summed E-state index contributed by atoms with van der Waals surface area (Å²) in [4.78, 5) is 0. The summed E-state index contributed by atoms with van der Waals surface area (Å²) in [5, 5.41) is 0. The highest BCUT2D eigenvalue weighted by atomic mass is 35.5. The molecule has 0 amide bonds. The number of quaternary nitrogens is 1. The van der Waals surface area contributed by atoms with Crippen molar-refractivity contribution in [1.82, 2.24) is 0 Å². The van der Waals surface area contributed by atoms with E-state index in [-0.39, 0.29) is 17.8 Å². The first-order chi connectivity index (χ1) is 12.3. The summed E-state index contributed by atoms with van der Waals surface area (Å²) in [7, 11) is 4.48. The van der Waals surface area contributed by atoms with Crippen LogP contribution >= 0.6 is 0 Å². The van der Waals surface area contributed by atoms with E-state index in [0.29, 0.717) is 13.2 Å². The number of ether oxygens (including phenoxy) is 2. The van der Waals surface area contributed by atoms with Crippen molar-refractivity contribution < 1.29 is 26.4 Å². The molecule has 0 radical (unpaired) electrons. The normalized spacial score (nSPS) is 11.7. The van der Waals surface area contributed by atoms with E-state index in [2.05, 4.69) is 77.3 Å². The molecule has 0 spiro atoms. The van der Waals surface area contributed by atoms with Gasteiger partial charge < -0.3 is 26.4 Å². The predicted octanol–water partition coefficient (Wildman–Crippen LogP) is 1.66. The first kappa shape index (κ1) is 23.5. The number of hydrogen-bond acceptors (Lipinski definition) is 2. The maximum absolute atomic E-state index is 5.77. The van der Waals surface area contributed by atoms with Gasteiger partial charge in [0.25, 0.3) is 0 Å². The van der Waals surface area contributed by atoms with Crippen molar-refractivity contribution in [3.05, 3.63) is 65.7 Å². The molecule has 4 heteroatoms. The predicted molar refractivity (Wildman–Crippen MR) is 109 cm³/mol. The van der Waals surface area contributed by atoms with Crippen LogP contribution in [0.3, 0.4) is 0 Å². The van der Waals surface area contributed by atoms with Crippen molar-refractivity contribution in [2.24, 2.45) is 0 Å². The van der Waals surface area contributed by atoms with Crippen LogP contribution in [-0.4, -0.2) is 44.9 Å². The van der Waals surface area contributed by atoms with Gasteiger partial charge in [-0.15, -0.1) is 0 Å². The fourth-order valence-corrected chi connectivity index (χ4v) is 2.84. The Morgan fingerprint density at radius 3 is 2.04 bits per heavy atom. The summed E-state index contributed by atoms with van der Waals surface area (Å²) in [5.41, 5.74) is 2.85. The maximum atomic E-state index is 5.77. The number of rotatable bonds is 9. The average Bonchev–Trinajstić information content (AvgIpc) is 2.58. The second-order valence-corrected chi connectivity index (χ2v) is 8.54. The van der Waals surface area contributed by atoms with Crippen LogP contribution in [0, 0.1) is 0 Å². The van der Waals surface area contributed by atoms with E-state index < -0.39 is 0 Å². The third kappa shape index (κ3) is 8.79. The van der Waals surface area contributed by atoms with Crippen LogP contribution in [0.15, 0.2) is 54.6 Å². The number of nitrogens with zero attached hydrogens (tertiary/aromatic N) is 1. The molecule has 0 aliphatic heterocycles. The third-order valence-corrected chi connectivity index (χ3v) is 4.51. The van der Waals surface area contributed by atoms with Crippen LogP contribution in [-0.2, 0) is 16.7 Å². The number of hydrogen-bond donors (Lipinski definition) is 0. The molecule has 2 aromatic rings. The smallest absolute Gasteiger partial charge is 0.119 e. The van der Waals surface area contributed by atoms with E-state index in [1.807, 2.05) is 12.1 Å². The standard InChI is InChI=1S/C23H34NO2.ClH/c1-23(2,3)21-11-13-22(14-12-21)26-18-17-25-16-15-24(4,5)19-20-9-7-6-8-10-20;/h6-14H,15-19H2,1-5H3;1H/q+1;/p-1. The molecule has 0 saturated carbocycles. The first-order valence-corrected chi connectivity index (χ1v) is 9.43. The molecule has 0 atom stereocenters. The Bertz CT molecular complexity index is 648. The molecule has 0 aromatic heterocycles. The van der Waals surface area contributed by atoms with Gasteiger partial charge in [-0.25, -0.2) is 0 Å². The summed E-state index contributed by atoms with van der Waals surface area (Å²) >= 11 is 0. The van der Waals surface area contributed by atoms with Gasteiger partial charge in [0.05, 0.1) is 27.3 Å². The van der Waals surface area contributed by atoms with Crippen LogP contribution in [0.5, 0.6) is 5.75 Å². The zero-order chi connectivity index (χ0) is 19.0. The van der Waals surface area contributed by atoms with Gasteiger partial charge in [0.15, 0.2) is 0 Å². The van der Waals surface area contributed by atoms with Crippen LogP contribution in [0.25, 0.3) is 0 Å². The zero-order valence-electron chi connectivity index (χ0n) is 17.4. The summed E-state index contributed by atoms with van der Waals surface area (Å²) in [6, 6.07) is 19.0. The zero-order valence-corrected chi connectivity index (χ0v) is 18.1. The van der Waals surface area contributed by atoms with E-state index in [9.17, 15) is 0 Å². The molecular formula is C23H34ClNO2. The number of likely N-dealkylation sites (N-methyl/N-ethyl adjacent to an activating group) is 1. The molecule has 2 rings (SSSR count). The minimum atomic E-state index is 0. The van der Waals surface area contributed by atoms with Crippen molar-refractivity contribution in [2.45, 2.75) is 32.7 Å². The first-order valence-electron chi connectivity index (χ1n) is 9.43. The Morgan fingerprint density at radius 2 is 1.44 bits per heavy atom. The van der Waals surface area contributed by atoms with Crippen LogP contribution in [0.1, 0.15) is 31.9 Å². The molecule has 0 unspecified atom stereocenters. The molecule has 0 bridgehead atoms. The van der Waals surface area contributed by atoms with E-state index in [1.54, 1.807) is 0 Å². The second-order valence-electron chi connectivity index (χ2n) is 8.54. The Labute approximate surface area is 171 Å². The summed E-state index contributed by atoms with van der Waals surface area (Å²) in [5.74, 6) is 0.904. The highest BCUT2D eigenvalue weighted by molar-refractivity contribution is 5.31. The van der Waals surface area contributed by atoms with Crippen molar-refractivity contribution >= 4 is 0 Å². The minimum Gasteiger partial charge on any atom is -1.00 e. The molecule has 0 aliphatic carbocycles. The SMILES string of the molecule is CC(C)(C)c1ccc(OCCOCC[N+](C)(C)Cc2ccccc2)cc1.[Cl-]. The summed E-state index contributed by atoms with van der Waals surface area (Å²) in [6.07, 6.45) is 0. The molecule has 0 N–H and O–H groups in total. The Balaban J connectivity index is 0.00000364. The van der Waals surface area contributed by atoms with Gasteiger partial charge in [-0.1, -0.05) is 63.2 Å². The quantitative estimate of drug-likeness (QED) is 0.478. The number of benzene rings is 2. The minimum absolute atomic E-state index is 0. The van der Waals surface area contributed by atoms with Crippen molar-refractivity contribution in [1.29, 1.82) is 0 Å². The van der Waals surface area contributed by atoms with E-state index in [1.165, 1.54) is 11.1 Å². The van der Waals surface area contributed by atoms with Crippen LogP contribution in [0.2, 0.25) is 0 Å². The topological polar surface area (TPSA) is 18.5 Å². The Morgan fingerprint density at radius 1 is 0.815 bits per heavy atom. The summed E-state index contributed by atoms with van der Waals surface area (Å²) < 4.78 is 12.5. The van der Waals surface area contributed by atoms with Gasteiger partial charge in [-0.3, -0.25) is 0 Å². The van der Waals surface area contributed by atoms with Gasteiger partial charge >= 0.3 is 0 Å². The molecule has 0 fully saturated rings. The molecule has 0 aliphatic rings. The lowest BCUT2D eigenvalue weighted by molar-refractivity contribution is -0.904. The van der Waals surface area contributed by atoms with E-state index in [0.717, 1.165) is 29.9 Å². The molecular weight excluding hydrogens is 358 g/mol. The Hall–Kier alpha value is -1.55. The van der Waals surface area contributed by atoms with Gasteiger partial charge in [0.1, 0.15) is 25.4 Å². The van der Waals surface area contributed by atoms with Crippen molar-refractivity contribution in [2.75, 3.05) is 40.5 Å². The highest BCUT2D eigenvalue weighted by Gasteiger charge is 2.15. The number of halogens is 1. The molecule has 0 saturated heterocycles.